The maximum atomic E-state index is 13.1. The topological polar surface area (TPSA) is 44.8 Å². The molecule has 5 heteroatoms. The van der Waals surface area contributed by atoms with E-state index in [1.54, 1.807) is 7.11 Å². The van der Waals surface area contributed by atoms with Crippen LogP contribution >= 0.6 is 0 Å². The van der Waals surface area contributed by atoms with Gasteiger partial charge < -0.3 is 19.9 Å². The van der Waals surface area contributed by atoms with E-state index in [0.717, 1.165) is 44.6 Å². The van der Waals surface area contributed by atoms with E-state index in [1.165, 1.54) is 22.5 Å². The minimum atomic E-state index is -0.0234. The first kappa shape index (κ1) is 18.3. The second kappa shape index (κ2) is 7.29. The molecule has 1 N–H and O–H groups in total. The van der Waals surface area contributed by atoms with Crippen LogP contribution in [0.3, 0.4) is 0 Å². The van der Waals surface area contributed by atoms with Crippen molar-refractivity contribution in [2.24, 2.45) is 5.92 Å². The van der Waals surface area contributed by atoms with E-state index < -0.39 is 0 Å². The molecule has 2 aliphatic heterocycles. The first-order chi connectivity index (χ1) is 14.1. The number of piperazine rings is 1. The monoisotopic (exact) mass is 391 g/mol. The van der Waals surface area contributed by atoms with E-state index in [0.29, 0.717) is 6.04 Å². The average Bonchev–Trinajstić information content (AvgIpc) is 3.56. The zero-order valence-electron chi connectivity index (χ0n) is 17.2. The fraction of sp³-hybridized carbons (Fsp3) is 0.458. The Balaban J connectivity index is 1.46. The molecule has 0 spiro atoms. The van der Waals surface area contributed by atoms with Crippen molar-refractivity contribution in [3.8, 4) is 5.75 Å². The van der Waals surface area contributed by atoms with Gasteiger partial charge in [-0.05, 0) is 49.9 Å². The molecule has 1 saturated carbocycles. The summed E-state index contributed by atoms with van der Waals surface area (Å²) in [6, 6.07) is 15.6. The Morgan fingerprint density at radius 3 is 2.62 bits per heavy atom. The fourth-order valence-corrected chi connectivity index (χ4v) is 4.73. The van der Waals surface area contributed by atoms with Gasteiger partial charge in [-0.25, -0.2) is 0 Å². The number of nitrogens with one attached hydrogen (secondary N) is 1. The molecular formula is C24H29N3O2. The molecule has 2 atom stereocenters. The van der Waals surface area contributed by atoms with Gasteiger partial charge in [-0.15, -0.1) is 0 Å². The van der Waals surface area contributed by atoms with E-state index in [2.05, 4.69) is 58.4 Å². The zero-order valence-corrected chi connectivity index (χ0v) is 17.2. The Hall–Kier alpha value is -2.69. The Kier molecular flexibility index (Phi) is 4.61. The fourth-order valence-electron chi connectivity index (χ4n) is 4.73. The van der Waals surface area contributed by atoms with Crippen molar-refractivity contribution < 1.29 is 9.53 Å². The predicted octanol–water partition coefficient (Wildman–Crippen LogP) is 3.15. The number of carbonyl (C=O) groups is 1. The third-order valence-electron chi connectivity index (χ3n) is 6.58. The largest absolute Gasteiger partial charge is 0.497 e. The van der Waals surface area contributed by atoms with Crippen molar-refractivity contribution in [2.75, 3.05) is 36.5 Å². The van der Waals surface area contributed by atoms with Crippen LogP contribution in [0.15, 0.2) is 42.5 Å². The Labute approximate surface area is 172 Å². The van der Waals surface area contributed by atoms with Gasteiger partial charge in [0.2, 0.25) is 5.91 Å². The summed E-state index contributed by atoms with van der Waals surface area (Å²) in [6.07, 6.45) is 3.03. The number of ether oxygens (including phenoxy) is 1. The third kappa shape index (κ3) is 3.54. The number of benzene rings is 2. The molecule has 0 bridgehead atoms. The molecule has 0 unspecified atom stereocenters. The lowest BCUT2D eigenvalue weighted by atomic mass is 9.83. The highest BCUT2D eigenvalue weighted by Gasteiger charge is 2.42. The molecule has 1 amide bonds. The van der Waals surface area contributed by atoms with Gasteiger partial charge in [-0.1, -0.05) is 23.8 Å². The van der Waals surface area contributed by atoms with E-state index in [4.69, 9.17) is 4.74 Å². The van der Waals surface area contributed by atoms with Gasteiger partial charge in [-0.3, -0.25) is 4.79 Å². The van der Waals surface area contributed by atoms with Crippen molar-refractivity contribution in [1.29, 1.82) is 0 Å². The lowest BCUT2D eigenvalue weighted by molar-refractivity contribution is -0.126. The van der Waals surface area contributed by atoms with Crippen LogP contribution in [0.2, 0.25) is 0 Å². The Morgan fingerprint density at radius 2 is 1.90 bits per heavy atom. The number of fused-ring (bicyclic) bond motifs is 3. The van der Waals surface area contributed by atoms with Crippen LogP contribution in [0.25, 0.3) is 0 Å². The zero-order chi connectivity index (χ0) is 20.0. The highest BCUT2D eigenvalue weighted by atomic mass is 16.5. The summed E-state index contributed by atoms with van der Waals surface area (Å²) in [5.41, 5.74) is 5.00. The molecule has 152 valence electrons. The van der Waals surface area contributed by atoms with Crippen LogP contribution in [0, 0.1) is 12.8 Å². The smallest absolute Gasteiger partial charge is 0.225 e. The lowest BCUT2D eigenvalue weighted by Gasteiger charge is -2.49. The summed E-state index contributed by atoms with van der Waals surface area (Å²) in [6.45, 7) is 4.84. The van der Waals surface area contributed by atoms with Gasteiger partial charge in [0.05, 0.1) is 19.1 Å². The molecule has 3 aliphatic rings. The standard InChI is InChI=1S/C24H29N3O2/c1-16-3-8-19(9-4-16)26-11-12-27-22-14-20(29-2)10-5-17(22)13-21(23(27)15-26)24(28)25-18-6-7-18/h3-5,8-10,14,18,21,23H,6-7,11-13,15H2,1-2H3,(H,25,28)/t21-,23-/m0/s1. The second-order valence-electron chi connectivity index (χ2n) is 8.63. The number of hydrogen-bond donors (Lipinski definition) is 1. The Bertz CT molecular complexity index is 907. The first-order valence-electron chi connectivity index (χ1n) is 10.7. The van der Waals surface area contributed by atoms with Crippen LogP contribution in [-0.2, 0) is 11.2 Å². The molecule has 2 fully saturated rings. The van der Waals surface area contributed by atoms with Crippen molar-refractivity contribution in [3.05, 3.63) is 53.6 Å². The second-order valence-corrected chi connectivity index (χ2v) is 8.63. The molecule has 5 nitrogen and oxygen atoms in total. The summed E-state index contributed by atoms with van der Waals surface area (Å²) in [4.78, 5) is 18.0. The van der Waals surface area contributed by atoms with Gasteiger partial charge in [0, 0.05) is 43.1 Å². The summed E-state index contributed by atoms with van der Waals surface area (Å²) < 4.78 is 5.48. The number of hydrogen-bond acceptors (Lipinski definition) is 4. The predicted molar refractivity (Wildman–Crippen MR) is 116 cm³/mol. The number of carbonyl (C=O) groups excluding carboxylic acids is 1. The molecule has 2 aromatic carbocycles. The highest BCUT2D eigenvalue weighted by molar-refractivity contribution is 5.83. The van der Waals surface area contributed by atoms with Crippen molar-refractivity contribution in [1.82, 2.24) is 5.32 Å². The number of amides is 1. The maximum absolute atomic E-state index is 13.1. The number of anilines is 2. The summed E-state index contributed by atoms with van der Waals surface area (Å²) >= 11 is 0. The quantitative estimate of drug-likeness (QED) is 0.870. The number of aryl methyl sites for hydroxylation is 1. The lowest BCUT2D eigenvalue weighted by Crippen LogP contribution is -2.61. The molecule has 0 radical (unpaired) electrons. The minimum absolute atomic E-state index is 0.0234. The van der Waals surface area contributed by atoms with E-state index in [-0.39, 0.29) is 17.9 Å². The summed E-state index contributed by atoms with van der Waals surface area (Å²) in [7, 11) is 1.71. The van der Waals surface area contributed by atoms with E-state index >= 15 is 0 Å². The summed E-state index contributed by atoms with van der Waals surface area (Å²) in [5, 5.41) is 3.26. The SMILES string of the molecule is COc1ccc2c(c1)N1CCN(c3ccc(C)cc3)C[C@H]1[C@@H](C(=O)NC1CC1)C2. The molecule has 29 heavy (non-hydrogen) atoms. The molecule has 0 aromatic heterocycles. The molecule has 5 rings (SSSR count). The first-order valence-corrected chi connectivity index (χ1v) is 10.7. The van der Waals surface area contributed by atoms with Gasteiger partial charge in [0.1, 0.15) is 5.75 Å². The number of rotatable bonds is 4. The number of methoxy groups -OCH3 is 1. The Morgan fingerprint density at radius 1 is 1.10 bits per heavy atom. The van der Waals surface area contributed by atoms with Gasteiger partial charge in [-0.2, -0.15) is 0 Å². The van der Waals surface area contributed by atoms with Gasteiger partial charge in [0.25, 0.3) is 0 Å². The van der Waals surface area contributed by atoms with E-state index in [9.17, 15) is 4.79 Å². The van der Waals surface area contributed by atoms with Crippen LogP contribution in [0.4, 0.5) is 11.4 Å². The third-order valence-corrected chi connectivity index (χ3v) is 6.58. The molecule has 2 heterocycles. The average molecular weight is 392 g/mol. The highest BCUT2D eigenvalue weighted by Crippen LogP contribution is 2.39. The van der Waals surface area contributed by atoms with Gasteiger partial charge in [0.15, 0.2) is 0 Å². The molecular weight excluding hydrogens is 362 g/mol. The van der Waals surface area contributed by atoms with Crippen LogP contribution < -0.4 is 19.9 Å². The van der Waals surface area contributed by atoms with E-state index in [1.807, 2.05) is 6.07 Å². The molecule has 2 aromatic rings. The normalized spacial score (nSPS) is 23.2. The van der Waals surface area contributed by atoms with Crippen molar-refractivity contribution in [2.45, 2.75) is 38.3 Å². The van der Waals surface area contributed by atoms with Crippen molar-refractivity contribution >= 4 is 17.3 Å². The molecule has 1 saturated heterocycles. The maximum Gasteiger partial charge on any atom is 0.225 e. The van der Waals surface area contributed by atoms with Crippen LogP contribution in [0.5, 0.6) is 5.75 Å². The van der Waals surface area contributed by atoms with Crippen LogP contribution in [0.1, 0.15) is 24.0 Å². The number of nitrogens with zero attached hydrogens (tertiary/aromatic N) is 2. The van der Waals surface area contributed by atoms with Crippen molar-refractivity contribution in [3.63, 3.8) is 0 Å². The van der Waals surface area contributed by atoms with Crippen LogP contribution in [-0.4, -0.2) is 44.7 Å². The van der Waals surface area contributed by atoms with Gasteiger partial charge >= 0.3 is 0 Å². The summed E-state index contributed by atoms with van der Waals surface area (Å²) in [5.74, 6) is 1.07. The minimum Gasteiger partial charge on any atom is -0.497 e. The molecule has 1 aliphatic carbocycles.